The lowest BCUT2D eigenvalue weighted by Gasteiger charge is -2.19. The maximum atomic E-state index is 13.9. The summed E-state index contributed by atoms with van der Waals surface area (Å²) in [4.78, 5) is 11.9. The Morgan fingerprint density at radius 3 is 2.76 bits per heavy atom. The average Bonchev–Trinajstić information content (AvgIpc) is 2.49. The van der Waals surface area contributed by atoms with Crippen molar-refractivity contribution in [3.63, 3.8) is 0 Å². The molecule has 0 radical (unpaired) electrons. The molecule has 0 bridgehead atoms. The zero-order chi connectivity index (χ0) is 15.2. The second-order valence-electron chi connectivity index (χ2n) is 4.53. The highest BCUT2D eigenvalue weighted by atomic mass is 19.1. The van der Waals surface area contributed by atoms with Crippen LogP contribution in [0.1, 0.15) is 18.5 Å². The molecule has 1 aromatic carbocycles. The normalized spacial score (nSPS) is 12.1. The van der Waals surface area contributed by atoms with Gasteiger partial charge in [0, 0.05) is 17.7 Å². The van der Waals surface area contributed by atoms with E-state index in [4.69, 9.17) is 4.74 Å². The predicted octanol–water partition coefficient (Wildman–Crippen LogP) is 1.74. The minimum absolute atomic E-state index is 0.227. The van der Waals surface area contributed by atoms with Gasteiger partial charge in [-0.3, -0.25) is 4.79 Å². The van der Waals surface area contributed by atoms with Gasteiger partial charge < -0.3 is 10.1 Å². The summed E-state index contributed by atoms with van der Waals surface area (Å²) in [6.45, 7) is 2.80. The number of likely N-dealkylation sites (N-methyl/N-ethyl adjacent to an activating group) is 1. The first-order chi connectivity index (χ1) is 10.2. The summed E-state index contributed by atoms with van der Waals surface area (Å²) in [6, 6.07) is 9.06. The van der Waals surface area contributed by atoms with Crippen molar-refractivity contribution in [3.05, 3.63) is 58.1 Å². The molecule has 0 amide bonds. The van der Waals surface area contributed by atoms with Gasteiger partial charge in [-0.15, -0.1) is 5.10 Å². The lowest BCUT2D eigenvalue weighted by atomic mass is 10.1. The highest BCUT2D eigenvalue weighted by molar-refractivity contribution is 5.21. The third-order valence-corrected chi connectivity index (χ3v) is 3.14. The minimum Gasteiger partial charge on any atom is -0.480 e. The van der Waals surface area contributed by atoms with E-state index in [-0.39, 0.29) is 24.0 Å². The maximum absolute atomic E-state index is 13.9. The first kappa shape index (κ1) is 15.2. The largest absolute Gasteiger partial charge is 0.480 e. The smallest absolute Gasteiger partial charge is 0.267 e. The molecule has 2 aromatic rings. The second-order valence-corrected chi connectivity index (χ2v) is 4.53. The Labute approximate surface area is 122 Å². The Morgan fingerprint density at radius 2 is 2.10 bits per heavy atom. The van der Waals surface area contributed by atoms with Crippen LogP contribution in [0.25, 0.3) is 0 Å². The molecule has 1 N–H and O–H groups in total. The van der Waals surface area contributed by atoms with Crippen LogP contribution in [0.3, 0.4) is 0 Å². The number of benzene rings is 1. The fourth-order valence-corrected chi connectivity index (χ4v) is 2.12. The number of ether oxygens (including phenoxy) is 1. The van der Waals surface area contributed by atoms with Gasteiger partial charge in [-0.1, -0.05) is 25.1 Å². The summed E-state index contributed by atoms with van der Waals surface area (Å²) < 4.78 is 20.2. The Morgan fingerprint density at radius 1 is 1.33 bits per heavy atom. The number of rotatable bonds is 6. The molecule has 0 spiro atoms. The molecule has 1 heterocycles. The summed E-state index contributed by atoms with van der Waals surface area (Å²) in [6.07, 6.45) is 0. The van der Waals surface area contributed by atoms with Crippen LogP contribution in [0, 0.1) is 5.82 Å². The average molecular weight is 291 g/mol. The van der Waals surface area contributed by atoms with E-state index in [2.05, 4.69) is 10.4 Å². The van der Waals surface area contributed by atoms with Crippen molar-refractivity contribution in [1.82, 2.24) is 15.1 Å². The van der Waals surface area contributed by atoms with Crippen molar-refractivity contribution in [2.45, 2.75) is 19.5 Å². The van der Waals surface area contributed by atoms with E-state index in [0.717, 1.165) is 0 Å². The Bertz CT molecular complexity index is 657. The topological polar surface area (TPSA) is 56.1 Å². The molecule has 6 heteroatoms. The molecule has 0 aliphatic carbocycles. The van der Waals surface area contributed by atoms with Crippen LogP contribution in [-0.2, 0) is 6.54 Å². The fraction of sp³-hybridized carbons (Fsp3) is 0.333. The van der Waals surface area contributed by atoms with Gasteiger partial charge in [-0.25, -0.2) is 9.07 Å². The van der Waals surface area contributed by atoms with E-state index in [1.807, 2.05) is 6.92 Å². The molecule has 0 aliphatic heterocycles. The van der Waals surface area contributed by atoms with Crippen molar-refractivity contribution >= 4 is 0 Å². The molecule has 21 heavy (non-hydrogen) atoms. The van der Waals surface area contributed by atoms with Crippen LogP contribution >= 0.6 is 0 Å². The number of hydrogen-bond acceptors (Lipinski definition) is 4. The summed E-state index contributed by atoms with van der Waals surface area (Å²) in [5.74, 6) is 0.0396. The molecular formula is C15H18FN3O2. The van der Waals surface area contributed by atoms with Gasteiger partial charge in [0.15, 0.2) is 0 Å². The van der Waals surface area contributed by atoms with E-state index in [0.29, 0.717) is 18.0 Å². The standard InChI is InChI=1S/C15H18FN3O2/c1-3-17-13(11-6-4-5-7-12(11)16)10-19-15(20)9-8-14(18-19)21-2/h4-9,13,17H,3,10H2,1-2H3. The van der Waals surface area contributed by atoms with Crippen LogP contribution in [0.2, 0.25) is 0 Å². The molecule has 1 unspecified atom stereocenters. The molecule has 0 saturated heterocycles. The lowest BCUT2D eigenvalue weighted by molar-refractivity contribution is 0.359. The van der Waals surface area contributed by atoms with E-state index in [9.17, 15) is 9.18 Å². The first-order valence-corrected chi connectivity index (χ1v) is 6.75. The van der Waals surface area contributed by atoms with Crippen LogP contribution in [-0.4, -0.2) is 23.4 Å². The van der Waals surface area contributed by atoms with E-state index >= 15 is 0 Å². The van der Waals surface area contributed by atoms with Gasteiger partial charge in [0.05, 0.1) is 19.7 Å². The molecule has 1 atom stereocenters. The fourth-order valence-electron chi connectivity index (χ4n) is 2.12. The molecule has 0 aliphatic rings. The SMILES string of the molecule is CCNC(Cn1nc(OC)ccc1=O)c1ccccc1F. The van der Waals surface area contributed by atoms with Gasteiger partial charge in [-0.05, 0) is 12.6 Å². The quantitative estimate of drug-likeness (QED) is 0.881. The summed E-state index contributed by atoms with van der Waals surface area (Å²) >= 11 is 0. The second kappa shape index (κ2) is 6.99. The van der Waals surface area contributed by atoms with Crippen LogP contribution in [0.5, 0.6) is 5.88 Å². The number of halogens is 1. The highest BCUT2D eigenvalue weighted by Crippen LogP contribution is 2.18. The predicted molar refractivity (Wildman–Crippen MR) is 77.9 cm³/mol. The Kier molecular flexibility index (Phi) is 5.05. The van der Waals surface area contributed by atoms with Gasteiger partial charge in [0.2, 0.25) is 5.88 Å². The van der Waals surface area contributed by atoms with Crippen molar-refractivity contribution < 1.29 is 9.13 Å². The van der Waals surface area contributed by atoms with Crippen molar-refractivity contribution in [2.24, 2.45) is 0 Å². The van der Waals surface area contributed by atoms with Crippen LogP contribution in [0.4, 0.5) is 4.39 Å². The third-order valence-electron chi connectivity index (χ3n) is 3.14. The Balaban J connectivity index is 2.33. The molecule has 0 saturated carbocycles. The Hall–Kier alpha value is -2.21. The third kappa shape index (κ3) is 3.66. The number of nitrogens with zero attached hydrogens (tertiary/aromatic N) is 2. The molecular weight excluding hydrogens is 273 g/mol. The maximum Gasteiger partial charge on any atom is 0.267 e. The number of nitrogens with one attached hydrogen (secondary N) is 1. The van der Waals surface area contributed by atoms with E-state index in [1.165, 1.54) is 30.0 Å². The van der Waals surface area contributed by atoms with Gasteiger partial charge in [-0.2, -0.15) is 0 Å². The first-order valence-electron chi connectivity index (χ1n) is 6.75. The monoisotopic (exact) mass is 291 g/mol. The summed E-state index contributed by atoms with van der Waals surface area (Å²) in [5.41, 5.74) is 0.255. The van der Waals surface area contributed by atoms with Crippen molar-refractivity contribution in [2.75, 3.05) is 13.7 Å². The molecule has 5 nitrogen and oxygen atoms in total. The summed E-state index contributed by atoms with van der Waals surface area (Å²) in [5, 5.41) is 7.26. The minimum atomic E-state index is -0.339. The van der Waals surface area contributed by atoms with Crippen molar-refractivity contribution in [3.8, 4) is 5.88 Å². The lowest BCUT2D eigenvalue weighted by Crippen LogP contribution is -2.32. The zero-order valence-corrected chi connectivity index (χ0v) is 12.0. The molecule has 0 fully saturated rings. The zero-order valence-electron chi connectivity index (χ0n) is 12.0. The van der Waals surface area contributed by atoms with Gasteiger partial charge in [0.25, 0.3) is 5.56 Å². The van der Waals surface area contributed by atoms with Crippen LogP contribution in [0.15, 0.2) is 41.2 Å². The molecule has 1 aromatic heterocycles. The van der Waals surface area contributed by atoms with E-state index < -0.39 is 0 Å². The molecule has 112 valence electrons. The van der Waals surface area contributed by atoms with E-state index in [1.54, 1.807) is 18.2 Å². The van der Waals surface area contributed by atoms with Gasteiger partial charge >= 0.3 is 0 Å². The summed E-state index contributed by atoms with van der Waals surface area (Å²) in [7, 11) is 1.48. The number of aromatic nitrogens is 2. The number of hydrogen-bond donors (Lipinski definition) is 1. The highest BCUT2D eigenvalue weighted by Gasteiger charge is 2.16. The van der Waals surface area contributed by atoms with Gasteiger partial charge in [0.1, 0.15) is 5.82 Å². The van der Waals surface area contributed by atoms with Crippen LogP contribution < -0.4 is 15.6 Å². The van der Waals surface area contributed by atoms with Crippen molar-refractivity contribution in [1.29, 1.82) is 0 Å². The number of methoxy groups -OCH3 is 1. The molecule has 2 rings (SSSR count).